The smallest absolute Gasteiger partial charge is 0.240 e. The molecule has 2 bridgehead atoms. The first-order valence-electron chi connectivity index (χ1n) is 8.19. The fourth-order valence-electron chi connectivity index (χ4n) is 3.99. The van der Waals surface area contributed by atoms with Gasteiger partial charge in [0, 0.05) is 16.8 Å². The van der Waals surface area contributed by atoms with E-state index in [1.54, 1.807) is 14.2 Å². The number of nitrogens with one attached hydrogen (secondary N) is 1. The number of nitrogens with zero attached hydrogens (tertiary/aromatic N) is 1. The van der Waals surface area contributed by atoms with Crippen LogP contribution in [0.5, 0.6) is 11.5 Å². The molecule has 2 aromatic rings. The van der Waals surface area contributed by atoms with Gasteiger partial charge in [0.25, 0.3) is 0 Å². The molecular formula is C19H19ClN2O3. The van der Waals surface area contributed by atoms with Crippen LogP contribution in [0.2, 0.25) is 5.02 Å². The minimum absolute atomic E-state index is 0.105. The van der Waals surface area contributed by atoms with Crippen molar-refractivity contribution in [2.75, 3.05) is 24.4 Å². The molecule has 2 aliphatic rings. The molecule has 130 valence electrons. The third-order valence-corrected chi connectivity index (χ3v) is 5.42. The number of amides is 1. The average molecular weight is 359 g/mol. The highest BCUT2D eigenvalue weighted by Gasteiger charge is 2.67. The van der Waals surface area contributed by atoms with Crippen molar-refractivity contribution < 1.29 is 14.3 Å². The molecule has 2 aromatic carbocycles. The second-order valence-corrected chi connectivity index (χ2v) is 6.72. The zero-order chi connectivity index (χ0) is 17.8. The van der Waals surface area contributed by atoms with Crippen LogP contribution in [0.1, 0.15) is 24.8 Å². The zero-order valence-electron chi connectivity index (χ0n) is 14.3. The molecule has 0 aliphatic carbocycles. The summed E-state index contributed by atoms with van der Waals surface area (Å²) < 4.78 is 10.8. The van der Waals surface area contributed by atoms with E-state index in [1.165, 1.54) is 0 Å². The Bertz CT molecular complexity index is 809. The van der Waals surface area contributed by atoms with Gasteiger partial charge >= 0.3 is 0 Å². The number of methoxy groups -OCH3 is 2. The maximum absolute atomic E-state index is 12.7. The van der Waals surface area contributed by atoms with Crippen LogP contribution in [-0.2, 0) is 4.79 Å². The number of β-lactam (4-membered cyclic amide) rings is 1. The van der Waals surface area contributed by atoms with Crippen molar-refractivity contribution in [2.45, 2.75) is 24.9 Å². The average Bonchev–Trinajstić information content (AvgIpc) is 3.08. The van der Waals surface area contributed by atoms with Crippen LogP contribution >= 0.6 is 11.6 Å². The summed E-state index contributed by atoms with van der Waals surface area (Å²) in [4.78, 5) is 14.5. The molecule has 1 saturated heterocycles. The Morgan fingerprint density at radius 2 is 1.80 bits per heavy atom. The van der Waals surface area contributed by atoms with E-state index in [-0.39, 0.29) is 11.8 Å². The molecule has 2 aliphatic heterocycles. The molecule has 4 rings (SSSR count). The molecule has 25 heavy (non-hydrogen) atoms. The minimum atomic E-state index is -0.468. The van der Waals surface area contributed by atoms with Gasteiger partial charge in [-0.1, -0.05) is 18.5 Å². The fourth-order valence-corrected chi connectivity index (χ4v) is 4.11. The Morgan fingerprint density at radius 3 is 2.40 bits per heavy atom. The SMILES string of the molecule is CCC1(Nc2ccc(Cl)cc2)C2C(=O)N1c1cc(OC)c(OC)cc12. The number of carbonyl (C=O) groups is 1. The highest BCUT2D eigenvalue weighted by atomic mass is 35.5. The molecular weight excluding hydrogens is 340 g/mol. The number of carbonyl (C=O) groups excluding carboxylic acids is 1. The first kappa shape index (κ1) is 16.1. The Hall–Kier alpha value is -2.40. The first-order valence-corrected chi connectivity index (χ1v) is 8.57. The van der Waals surface area contributed by atoms with Crippen molar-refractivity contribution in [2.24, 2.45) is 0 Å². The summed E-state index contributed by atoms with van der Waals surface area (Å²) in [6.45, 7) is 2.08. The van der Waals surface area contributed by atoms with Crippen molar-refractivity contribution in [1.82, 2.24) is 0 Å². The van der Waals surface area contributed by atoms with Gasteiger partial charge in [-0.2, -0.15) is 0 Å². The summed E-state index contributed by atoms with van der Waals surface area (Å²) in [5.74, 6) is 1.13. The molecule has 0 radical (unpaired) electrons. The summed E-state index contributed by atoms with van der Waals surface area (Å²) >= 11 is 5.98. The van der Waals surface area contributed by atoms with E-state index in [0.29, 0.717) is 16.5 Å². The predicted octanol–water partition coefficient (Wildman–Crippen LogP) is 4.02. The quantitative estimate of drug-likeness (QED) is 0.820. The summed E-state index contributed by atoms with van der Waals surface area (Å²) in [5, 5.41) is 4.23. The van der Waals surface area contributed by atoms with Gasteiger partial charge in [0.1, 0.15) is 11.6 Å². The zero-order valence-corrected chi connectivity index (χ0v) is 15.1. The minimum Gasteiger partial charge on any atom is -0.493 e. The lowest BCUT2D eigenvalue weighted by molar-refractivity contribution is -0.128. The summed E-state index contributed by atoms with van der Waals surface area (Å²) in [5.41, 5.74) is 2.33. The molecule has 0 spiro atoms. The van der Waals surface area contributed by atoms with Gasteiger partial charge in [0.05, 0.1) is 19.9 Å². The van der Waals surface area contributed by atoms with Crippen molar-refractivity contribution in [3.8, 4) is 11.5 Å². The van der Waals surface area contributed by atoms with Crippen molar-refractivity contribution >= 4 is 28.9 Å². The number of anilines is 2. The van der Waals surface area contributed by atoms with Crippen molar-refractivity contribution in [3.63, 3.8) is 0 Å². The summed E-state index contributed by atoms with van der Waals surface area (Å²) in [6.07, 6.45) is 0.769. The van der Waals surface area contributed by atoms with Crippen LogP contribution in [0, 0.1) is 0 Å². The Morgan fingerprint density at radius 1 is 1.16 bits per heavy atom. The van der Waals surface area contributed by atoms with E-state index in [9.17, 15) is 4.79 Å². The third kappa shape index (κ3) is 2.05. The van der Waals surface area contributed by atoms with Gasteiger partial charge in [0.15, 0.2) is 11.5 Å². The molecule has 1 N–H and O–H groups in total. The molecule has 2 heterocycles. The maximum atomic E-state index is 12.7. The number of hydrogen-bond acceptors (Lipinski definition) is 4. The maximum Gasteiger partial charge on any atom is 0.240 e. The van der Waals surface area contributed by atoms with Gasteiger partial charge < -0.3 is 14.8 Å². The lowest BCUT2D eigenvalue weighted by Crippen LogP contribution is -2.69. The van der Waals surface area contributed by atoms with Crippen LogP contribution in [-0.4, -0.2) is 25.8 Å². The van der Waals surface area contributed by atoms with Gasteiger partial charge in [-0.25, -0.2) is 0 Å². The molecule has 5 nitrogen and oxygen atoms in total. The second kappa shape index (κ2) is 5.56. The van der Waals surface area contributed by atoms with E-state index in [2.05, 4.69) is 12.2 Å². The molecule has 0 saturated carbocycles. The number of benzene rings is 2. The van der Waals surface area contributed by atoms with E-state index < -0.39 is 5.66 Å². The normalized spacial score (nSPS) is 23.1. The fraction of sp³-hybridized carbons (Fsp3) is 0.316. The van der Waals surface area contributed by atoms with Gasteiger partial charge in [0.2, 0.25) is 5.91 Å². The van der Waals surface area contributed by atoms with Crippen molar-refractivity contribution in [1.29, 1.82) is 0 Å². The lowest BCUT2D eigenvalue weighted by atomic mass is 9.79. The van der Waals surface area contributed by atoms with Crippen molar-refractivity contribution in [3.05, 3.63) is 47.0 Å². The monoisotopic (exact) mass is 358 g/mol. The lowest BCUT2D eigenvalue weighted by Gasteiger charge is -2.51. The standard InChI is InChI=1S/C19H19ClN2O3/c1-4-19(21-12-7-5-11(20)6-8-12)17-13-9-15(24-2)16(25-3)10-14(13)22(19)18(17)23/h5-10,17,21H,4H2,1-3H3. The predicted molar refractivity (Wildman–Crippen MR) is 97.9 cm³/mol. The molecule has 2 atom stereocenters. The van der Waals surface area contributed by atoms with Crippen LogP contribution < -0.4 is 19.7 Å². The summed E-state index contributed by atoms with van der Waals surface area (Å²) in [6, 6.07) is 11.3. The summed E-state index contributed by atoms with van der Waals surface area (Å²) in [7, 11) is 3.20. The van der Waals surface area contributed by atoms with Gasteiger partial charge in [-0.3, -0.25) is 9.69 Å². The van der Waals surface area contributed by atoms with Gasteiger partial charge in [-0.15, -0.1) is 0 Å². The van der Waals surface area contributed by atoms with Crippen LogP contribution in [0.15, 0.2) is 36.4 Å². The van der Waals surface area contributed by atoms with E-state index in [4.69, 9.17) is 21.1 Å². The largest absolute Gasteiger partial charge is 0.493 e. The van der Waals surface area contributed by atoms with Gasteiger partial charge in [-0.05, 0) is 42.3 Å². The van der Waals surface area contributed by atoms with E-state index >= 15 is 0 Å². The Labute approximate surface area is 151 Å². The number of halogens is 1. The molecule has 0 aromatic heterocycles. The number of hydrogen-bond donors (Lipinski definition) is 1. The molecule has 1 amide bonds. The molecule has 2 unspecified atom stereocenters. The van der Waals surface area contributed by atoms with E-state index in [1.807, 2.05) is 41.3 Å². The van der Waals surface area contributed by atoms with Crippen LogP contribution in [0.4, 0.5) is 11.4 Å². The number of rotatable bonds is 5. The molecule has 6 heteroatoms. The van der Waals surface area contributed by atoms with Crippen LogP contribution in [0.25, 0.3) is 0 Å². The van der Waals surface area contributed by atoms with E-state index in [0.717, 1.165) is 23.4 Å². The number of ether oxygens (including phenoxy) is 2. The molecule has 1 fully saturated rings. The Kier molecular flexibility index (Phi) is 3.58. The third-order valence-electron chi connectivity index (χ3n) is 5.17. The van der Waals surface area contributed by atoms with Crippen LogP contribution in [0.3, 0.4) is 0 Å². The second-order valence-electron chi connectivity index (χ2n) is 6.28. The topological polar surface area (TPSA) is 50.8 Å². The highest BCUT2D eigenvalue weighted by molar-refractivity contribution is 6.30. The number of fused-ring (bicyclic) bond motifs is 5. The highest BCUT2D eigenvalue weighted by Crippen LogP contribution is 2.60. The Balaban J connectivity index is 1.77. The first-order chi connectivity index (χ1) is 12.1.